The number of halogens is 1. The largest absolute Gasteiger partial charge is 0.530 e. The molecular formula is C11H11ClNO2-. The Morgan fingerprint density at radius 2 is 2.00 bits per heavy atom. The van der Waals surface area contributed by atoms with Gasteiger partial charge in [0.05, 0.1) is 0 Å². The molecule has 1 aromatic rings. The van der Waals surface area contributed by atoms with Crippen molar-refractivity contribution in [1.29, 1.82) is 0 Å². The van der Waals surface area contributed by atoms with Crippen molar-refractivity contribution in [3.05, 3.63) is 41.4 Å². The van der Waals surface area contributed by atoms with Crippen LogP contribution in [0.1, 0.15) is 6.92 Å². The molecule has 80 valence electrons. The predicted molar refractivity (Wildman–Crippen MR) is 59.0 cm³/mol. The summed E-state index contributed by atoms with van der Waals surface area (Å²) >= 11 is 5.70. The fraction of sp³-hybridized carbons (Fsp3) is 0.182. The molecule has 15 heavy (non-hydrogen) atoms. The van der Waals surface area contributed by atoms with Crippen LogP contribution in [0.3, 0.4) is 0 Å². The van der Waals surface area contributed by atoms with E-state index in [9.17, 15) is 9.90 Å². The molecule has 0 bridgehead atoms. The van der Waals surface area contributed by atoms with Crippen molar-refractivity contribution >= 4 is 23.4 Å². The molecular weight excluding hydrogens is 214 g/mol. The fourth-order valence-corrected chi connectivity index (χ4v) is 1.28. The van der Waals surface area contributed by atoms with Crippen LogP contribution in [0.2, 0.25) is 5.02 Å². The molecule has 0 N–H and O–H groups in total. The number of carbonyl (C=O) groups excluding carboxylic acids is 1. The molecule has 0 aliphatic carbocycles. The topological polar surface area (TPSA) is 43.4 Å². The molecule has 0 saturated heterocycles. The van der Waals surface area contributed by atoms with Gasteiger partial charge < -0.3 is 14.8 Å². The van der Waals surface area contributed by atoms with Crippen molar-refractivity contribution in [3.63, 3.8) is 0 Å². The number of carboxylic acid groups (broad SMARTS) is 1. The van der Waals surface area contributed by atoms with Gasteiger partial charge in [0.2, 0.25) is 0 Å². The smallest absolute Gasteiger partial charge is 0.141 e. The Labute approximate surface area is 93.6 Å². The molecule has 0 spiro atoms. The zero-order valence-electron chi connectivity index (χ0n) is 8.37. The monoisotopic (exact) mass is 224 g/mol. The van der Waals surface area contributed by atoms with E-state index in [1.165, 1.54) is 0 Å². The van der Waals surface area contributed by atoms with Crippen LogP contribution in [0.25, 0.3) is 0 Å². The van der Waals surface area contributed by atoms with Crippen molar-refractivity contribution in [3.8, 4) is 0 Å². The lowest BCUT2D eigenvalue weighted by Gasteiger charge is -2.25. The Morgan fingerprint density at radius 1 is 1.47 bits per heavy atom. The summed E-state index contributed by atoms with van der Waals surface area (Å²) in [4.78, 5) is 12.0. The number of hydrogen-bond acceptors (Lipinski definition) is 2. The van der Waals surface area contributed by atoms with Gasteiger partial charge in [-0.15, -0.1) is 0 Å². The number of amides is 1. The Kier molecular flexibility index (Phi) is 3.74. The zero-order chi connectivity index (χ0) is 11.4. The summed E-state index contributed by atoms with van der Waals surface area (Å²) < 4.78 is 0. The maximum absolute atomic E-state index is 10.9. The Balaban J connectivity index is 2.94. The van der Waals surface area contributed by atoms with E-state index < -0.39 is 6.09 Å². The highest BCUT2D eigenvalue weighted by molar-refractivity contribution is 6.30. The molecule has 3 nitrogen and oxygen atoms in total. The summed E-state index contributed by atoms with van der Waals surface area (Å²) in [6.07, 6.45) is -1.25. The highest BCUT2D eigenvalue weighted by Crippen LogP contribution is 2.18. The average molecular weight is 225 g/mol. The van der Waals surface area contributed by atoms with Crippen molar-refractivity contribution in [2.45, 2.75) is 6.92 Å². The Morgan fingerprint density at radius 3 is 2.40 bits per heavy atom. The summed E-state index contributed by atoms with van der Waals surface area (Å²) in [5.74, 6) is 0. The van der Waals surface area contributed by atoms with Gasteiger partial charge in [-0.05, 0) is 31.2 Å². The van der Waals surface area contributed by atoms with Crippen molar-refractivity contribution in [2.75, 3.05) is 11.4 Å². The lowest BCUT2D eigenvalue weighted by molar-refractivity contribution is -0.246. The molecule has 0 aliphatic heterocycles. The first-order valence-corrected chi connectivity index (χ1v) is 4.77. The quantitative estimate of drug-likeness (QED) is 0.738. The third-order valence-corrected chi connectivity index (χ3v) is 2.04. The highest BCUT2D eigenvalue weighted by Gasteiger charge is 2.06. The molecule has 1 rings (SSSR count). The second-order valence-corrected chi connectivity index (χ2v) is 3.72. The third-order valence-electron chi connectivity index (χ3n) is 1.79. The lowest BCUT2D eigenvalue weighted by Crippen LogP contribution is -2.42. The van der Waals surface area contributed by atoms with Crippen LogP contribution in [-0.4, -0.2) is 12.6 Å². The molecule has 0 radical (unpaired) electrons. The number of rotatable bonds is 3. The van der Waals surface area contributed by atoms with Gasteiger partial charge in [-0.1, -0.05) is 23.8 Å². The number of carbonyl (C=O) groups is 1. The first kappa shape index (κ1) is 11.6. The molecule has 0 fully saturated rings. The minimum absolute atomic E-state index is 0.226. The normalized spacial score (nSPS) is 9.73. The van der Waals surface area contributed by atoms with E-state index in [2.05, 4.69) is 6.58 Å². The SMILES string of the molecule is C=C(C)CN(C(=O)[O-])c1ccc(Cl)cc1. The average Bonchev–Trinajstić information content (AvgIpc) is 2.15. The number of nitrogens with zero attached hydrogens (tertiary/aromatic N) is 1. The molecule has 1 amide bonds. The second kappa shape index (κ2) is 4.84. The van der Waals surface area contributed by atoms with Crippen LogP contribution in [0, 0.1) is 0 Å². The summed E-state index contributed by atoms with van der Waals surface area (Å²) in [7, 11) is 0. The highest BCUT2D eigenvalue weighted by atomic mass is 35.5. The van der Waals surface area contributed by atoms with E-state index in [4.69, 9.17) is 11.6 Å². The second-order valence-electron chi connectivity index (χ2n) is 3.29. The maximum atomic E-state index is 10.9. The van der Waals surface area contributed by atoms with E-state index >= 15 is 0 Å². The van der Waals surface area contributed by atoms with Gasteiger partial charge >= 0.3 is 0 Å². The first-order chi connectivity index (χ1) is 7.00. The van der Waals surface area contributed by atoms with Gasteiger partial charge in [-0.3, -0.25) is 0 Å². The lowest BCUT2D eigenvalue weighted by atomic mass is 10.2. The predicted octanol–water partition coefficient (Wildman–Crippen LogP) is 2.07. The molecule has 0 unspecified atom stereocenters. The van der Waals surface area contributed by atoms with Crippen LogP contribution < -0.4 is 10.0 Å². The number of benzene rings is 1. The molecule has 0 aromatic heterocycles. The van der Waals surface area contributed by atoms with Crippen LogP contribution >= 0.6 is 11.6 Å². The van der Waals surface area contributed by atoms with Crippen molar-refractivity contribution in [2.24, 2.45) is 0 Å². The Bertz CT molecular complexity index is 373. The molecule has 0 atom stereocenters. The minimum atomic E-state index is -1.25. The van der Waals surface area contributed by atoms with Gasteiger partial charge in [0.1, 0.15) is 6.09 Å². The zero-order valence-corrected chi connectivity index (χ0v) is 9.12. The van der Waals surface area contributed by atoms with Gasteiger partial charge in [0, 0.05) is 17.3 Å². The van der Waals surface area contributed by atoms with E-state index in [0.29, 0.717) is 10.7 Å². The molecule has 0 aliphatic rings. The minimum Gasteiger partial charge on any atom is -0.530 e. The van der Waals surface area contributed by atoms with Crippen LogP contribution in [0.15, 0.2) is 36.4 Å². The first-order valence-electron chi connectivity index (χ1n) is 4.39. The molecule has 1 aromatic carbocycles. The van der Waals surface area contributed by atoms with Gasteiger partial charge in [0.15, 0.2) is 0 Å². The van der Waals surface area contributed by atoms with Gasteiger partial charge in [-0.2, -0.15) is 0 Å². The third kappa shape index (κ3) is 3.29. The molecule has 4 heteroatoms. The summed E-state index contributed by atoms with van der Waals surface area (Å²) in [6.45, 7) is 5.64. The van der Waals surface area contributed by atoms with E-state index in [0.717, 1.165) is 10.5 Å². The summed E-state index contributed by atoms with van der Waals surface area (Å²) in [5.41, 5.74) is 1.27. The molecule has 0 saturated carbocycles. The standard InChI is InChI=1S/C11H12ClNO2/c1-8(2)7-13(11(14)15)10-5-3-9(12)4-6-10/h3-6H,1,7H2,2H3,(H,14,15)/p-1. The van der Waals surface area contributed by atoms with E-state index in [1.807, 2.05) is 0 Å². The number of anilines is 1. The van der Waals surface area contributed by atoms with E-state index in [-0.39, 0.29) is 6.54 Å². The van der Waals surface area contributed by atoms with Gasteiger partial charge in [-0.25, -0.2) is 0 Å². The van der Waals surface area contributed by atoms with Crippen LogP contribution in [0.5, 0.6) is 0 Å². The van der Waals surface area contributed by atoms with Gasteiger partial charge in [0.25, 0.3) is 0 Å². The maximum Gasteiger partial charge on any atom is 0.141 e. The van der Waals surface area contributed by atoms with Crippen molar-refractivity contribution in [1.82, 2.24) is 0 Å². The van der Waals surface area contributed by atoms with Crippen LogP contribution in [-0.2, 0) is 0 Å². The fourth-order valence-electron chi connectivity index (χ4n) is 1.15. The number of hydrogen-bond donors (Lipinski definition) is 0. The Hall–Kier alpha value is -1.48. The van der Waals surface area contributed by atoms with Crippen LogP contribution in [0.4, 0.5) is 10.5 Å². The summed E-state index contributed by atoms with van der Waals surface area (Å²) in [6, 6.07) is 6.51. The van der Waals surface area contributed by atoms with E-state index in [1.54, 1.807) is 31.2 Å². The summed E-state index contributed by atoms with van der Waals surface area (Å²) in [5, 5.41) is 11.4. The molecule has 0 heterocycles. The van der Waals surface area contributed by atoms with Crippen molar-refractivity contribution < 1.29 is 9.90 Å².